The molecule has 0 aromatic carbocycles. The molecule has 0 amide bonds. The van der Waals surface area contributed by atoms with Crippen LogP contribution in [-0.4, -0.2) is 58.9 Å². The van der Waals surface area contributed by atoms with Gasteiger partial charge in [-0.2, -0.15) is 0 Å². The van der Waals surface area contributed by atoms with Crippen molar-refractivity contribution in [3.8, 4) is 0 Å². The summed E-state index contributed by atoms with van der Waals surface area (Å²) in [5.41, 5.74) is 0. The Labute approximate surface area is 110 Å². The molecule has 1 atom stereocenters. The smallest absolute Gasteiger partial charge is 0.154 e. The minimum atomic E-state index is -2.98. The number of nitrogens with one attached hydrogen (secondary N) is 1. The molecule has 1 aliphatic heterocycles. The van der Waals surface area contributed by atoms with Crippen LogP contribution in [-0.2, 0) is 19.3 Å². The second-order valence-corrected chi connectivity index (χ2v) is 6.78. The highest BCUT2D eigenvalue weighted by Gasteiger charge is 2.22. The normalized spacial score (nSPS) is 20.4. The lowest BCUT2D eigenvalue weighted by Crippen LogP contribution is -2.29. The van der Waals surface area contributed by atoms with Gasteiger partial charge in [-0.15, -0.1) is 0 Å². The minimum Gasteiger partial charge on any atom is -0.382 e. The summed E-state index contributed by atoms with van der Waals surface area (Å²) in [6.45, 7) is 5.44. The summed E-state index contributed by atoms with van der Waals surface area (Å²) in [5.74, 6) is 0.370. The fourth-order valence-corrected chi connectivity index (χ4v) is 3.39. The molecular weight excluding hydrogens is 254 g/mol. The molecule has 0 aliphatic carbocycles. The summed E-state index contributed by atoms with van der Waals surface area (Å²) in [6.07, 6.45) is 2.70. The van der Waals surface area contributed by atoms with Crippen molar-refractivity contribution in [1.29, 1.82) is 0 Å². The molecule has 1 fully saturated rings. The lowest BCUT2D eigenvalue weighted by molar-refractivity contribution is 0.127. The van der Waals surface area contributed by atoms with Gasteiger partial charge >= 0.3 is 0 Å². The number of sulfone groups is 1. The molecule has 0 spiro atoms. The molecule has 1 saturated heterocycles. The van der Waals surface area contributed by atoms with Gasteiger partial charge in [0.15, 0.2) is 9.84 Å². The molecular formula is C12H25NO4S. The zero-order valence-corrected chi connectivity index (χ0v) is 12.0. The SMILES string of the molecule is CCOCCCNCCS(=O)(=O)CC1CCCO1. The fourth-order valence-electron chi connectivity index (χ4n) is 1.94. The van der Waals surface area contributed by atoms with E-state index in [1.54, 1.807) is 0 Å². The summed E-state index contributed by atoms with van der Waals surface area (Å²) in [5, 5.41) is 3.13. The van der Waals surface area contributed by atoms with Crippen LogP contribution in [0.2, 0.25) is 0 Å². The molecule has 1 heterocycles. The van der Waals surface area contributed by atoms with Crippen molar-refractivity contribution in [2.24, 2.45) is 0 Å². The first-order valence-electron chi connectivity index (χ1n) is 6.74. The predicted molar refractivity (Wildman–Crippen MR) is 71.6 cm³/mol. The molecule has 0 aromatic heterocycles. The van der Waals surface area contributed by atoms with E-state index in [-0.39, 0.29) is 17.6 Å². The van der Waals surface area contributed by atoms with Crippen molar-refractivity contribution in [2.45, 2.75) is 32.3 Å². The Hall–Kier alpha value is -0.170. The van der Waals surface area contributed by atoms with Crippen molar-refractivity contribution >= 4 is 9.84 Å². The van der Waals surface area contributed by atoms with Crippen LogP contribution in [0, 0.1) is 0 Å². The Kier molecular flexibility index (Phi) is 7.81. The van der Waals surface area contributed by atoms with E-state index in [9.17, 15) is 8.42 Å². The molecule has 1 rings (SSSR count). The lowest BCUT2D eigenvalue weighted by Gasteiger charge is -2.10. The maximum absolute atomic E-state index is 11.8. The van der Waals surface area contributed by atoms with Gasteiger partial charge in [-0.05, 0) is 32.7 Å². The molecule has 6 heteroatoms. The van der Waals surface area contributed by atoms with E-state index in [4.69, 9.17) is 9.47 Å². The molecule has 5 nitrogen and oxygen atoms in total. The van der Waals surface area contributed by atoms with E-state index in [0.29, 0.717) is 13.2 Å². The molecule has 0 bridgehead atoms. The van der Waals surface area contributed by atoms with Gasteiger partial charge in [0, 0.05) is 26.4 Å². The largest absolute Gasteiger partial charge is 0.382 e. The highest BCUT2D eigenvalue weighted by molar-refractivity contribution is 7.91. The summed E-state index contributed by atoms with van der Waals surface area (Å²) in [7, 11) is -2.98. The molecule has 0 aromatic rings. The van der Waals surface area contributed by atoms with Crippen molar-refractivity contribution in [1.82, 2.24) is 5.32 Å². The van der Waals surface area contributed by atoms with Gasteiger partial charge in [0.1, 0.15) is 0 Å². The highest BCUT2D eigenvalue weighted by atomic mass is 32.2. The fraction of sp³-hybridized carbons (Fsp3) is 1.00. The van der Waals surface area contributed by atoms with Crippen molar-refractivity contribution in [3.05, 3.63) is 0 Å². The van der Waals surface area contributed by atoms with E-state index in [0.717, 1.165) is 39.0 Å². The van der Waals surface area contributed by atoms with Crippen LogP contribution in [0.5, 0.6) is 0 Å². The zero-order valence-electron chi connectivity index (χ0n) is 11.2. The van der Waals surface area contributed by atoms with Gasteiger partial charge in [0.25, 0.3) is 0 Å². The number of hydrogen-bond donors (Lipinski definition) is 1. The lowest BCUT2D eigenvalue weighted by atomic mass is 10.3. The Morgan fingerprint density at radius 1 is 1.39 bits per heavy atom. The maximum Gasteiger partial charge on any atom is 0.154 e. The van der Waals surface area contributed by atoms with Gasteiger partial charge < -0.3 is 14.8 Å². The minimum absolute atomic E-state index is 0.0760. The Morgan fingerprint density at radius 3 is 2.89 bits per heavy atom. The topological polar surface area (TPSA) is 64.6 Å². The number of hydrogen-bond acceptors (Lipinski definition) is 5. The molecule has 1 aliphatic rings. The monoisotopic (exact) mass is 279 g/mol. The first kappa shape index (κ1) is 15.9. The predicted octanol–water partition coefficient (Wildman–Crippen LogP) is 0.596. The highest BCUT2D eigenvalue weighted by Crippen LogP contribution is 2.13. The van der Waals surface area contributed by atoms with E-state index in [1.165, 1.54) is 0 Å². The standard InChI is InChI=1S/C12H25NO4S/c1-2-16-8-4-6-13-7-10-18(14,15)11-12-5-3-9-17-12/h12-13H,2-11H2,1H3. The Morgan fingerprint density at radius 2 is 2.22 bits per heavy atom. The zero-order chi connectivity index (χ0) is 13.3. The van der Waals surface area contributed by atoms with Gasteiger partial charge in [0.2, 0.25) is 0 Å². The third-order valence-electron chi connectivity index (χ3n) is 2.90. The number of rotatable bonds is 10. The second-order valence-electron chi connectivity index (χ2n) is 4.55. The van der Waals surface area contributed by atoms with Crippen molar-refractivity contribution in [2.75, 3.05) is 44.4 Å². The van der Waals surface area contributed by atoms with E-state index in [1.807, 2.05) is 6.92 Å². The average molecular weight is 279 g/mol. The third-order valence-corrected chi connectivity index (χ3v) is 4.61. The molecule has 0 radical (unpaired) electrons. The van der Waals surface area contributed by atoms with Crippen LogP contribution in [0.25, 0.3) is 0 Å². The summed E-state index contributed by atoms with van der Waals surface area (Å²) >= 11 is 0. The first-order chi connectivity index (χ1) is 8.64. The van der Waals surface area contributed by atoms with E-state index >= 15 is 0 Å². The molecule has 18 heavy (non-hydrogen) atoms. The molecule has 1 N–H and O–H groups in total. The van der Waals surface area contributed by atoms with Gasteiger partial charge in [-0.1, -0.05) is 0 Å². The molecule has 108 valence electrons. The van der Waals surface area contributed by atoms with Crippen molar-refractivity contribution < 1.29 is 17.9 Å². The van der Waals surface area contributed by atoms with Gasteiger partial charge in [-0.25, -0.2) is 8.42 Å². The van der Waals surface area contributed by atoms with Crippen LogP contribution in [0.1, 0.15) is 26.2 Å². The van der Waals surface area contributed by atoms with Crippen LogP contribution in [0.3, 0.4) is 0 Å². The average Bonchev–Trinajstić information content (AvgIpc) is 2.80. The van der Waals surface area contributed by atoms with Crippen molar-refractivity contribution in [3.63, 3.8) is 0 Å². The quantitative estimate of drug-likeness (QED) is 0.593. The van der Waals surface area contributed by atoms with E-state index in [2.05, 4.69) is 5.32 Å². The molecule has 0 saturated carbocycles. The molecule has 1 unspecified atom stereocenters. The Bertz CT molecular complexity index is 299. The second kappa shape index (κ2) is 8.85. The maximum atomic E-state index is 11.8. The summed E-state index contributed by atoms with van der Waals surface area (Å²) in [6, 6.07) is 0. The third kappa shape index (κ3) is 7.31. The first-order valence-corrected chi connectivity index (χ1v) is 8.56. The van der Waals surface area contributed by atoms with Crippen LogP contribution in [0.15, 0.2) is 0 Å². The Balaban J connectivity index is 2.02. The van der Waals surface area contributed by atoms with Gasteiger partial charge in [-0.3, -0.25) is 0 Å². The van der Waals surface area contributed by atoms with Crippen LogP contribution >= 0.6 is 0 Å². The van der Waals surface area contributed by atoms with Gasteiger partial charge in [0.05, 0.1) is 17.6 Å². The van der Waals surface area contributed by atoms with E-state index < -0.39 is 9.84 Å². The van der Waals surface area contributed by atoms with Crippen LogP contribution < -0.4 is 5.32 Å². The number of ether oxygens (including phenoxy) is 2. The summed E-state index contributed by atoms with van der Waals surface area (Å²) < 4.78 is 34.1. The van der Waals surface area contributed by atoms with Crippen LogP contribution in [0.4, 0.5) is 0 Å². The summed E-state index contributed by atoms with van der Waals surface area (Å²) in [4.78, 5) is 0.